The molecular weight excluding hydrogens is 203 g/mol. The zero-order chi connectivity index (χ0) is 11.0. The smallest absolute Gasteiger partial charge is 0.251 e. The van der Waals surface area contributed by atoms with Crippen LogP contribution in [-0.2, 0) is 0 Å². The van der Waals surface area contributed by atoms with E-state index in [0.29, 0.717) is 0 Å². The van der Waals surface area contributed by atoms with E-state index >= 15 is 0 Å². The van der Waals surface area contributed by atoms with E-state index in [9.17, 15) is 22.0 Å². The van der Waals surface area contributed by atoms with Crippen LogP contribution in [0.15, 0.2) is 23.3 Å². The van der Waals surface area contributed by atoms with Crippen LogP contribution >= 0.6 is 0 Å². The largest absolute Gasteiger partial charge is 0.335 e. The first-order valence-electron chi connectivity index (χ1n) is 4.04. The highest BCUT2D eigenvalue weighted by atomic mass is 19.3. The van der Waals surface area contributed by atoms with Gasteiger partial charge in [-0.2, -0.15) is 17.6 Å². The van der Waals surface area contributed by atoms with Crippen LogP contribution < -0.4 is 0 Å². The highest BCUT2D eigenvalue weighted by Gasteiger charge is 2.60. The summed E-state index contributed by atoms with van der Waals surface area (Å²) in [5.74, 6) is -8.47. The lowest BCUT2D eigenvalue weighted by Gasteiger charge is -2.31. The van der Waals surface area contributed by atoms with Crippen molar-refractivity contribution in [3.05, 3.63) is 23.3 Å². The molecular formula is C9H9F5. The summed E-state index contributed by atoms with van der Waals surface area (Å²) in [5, 5.41) is 0. The molecule has 0 radical (unpaired) electrons. The minimum atomic E-state index is -4.27. The van der Waals surface area contributed by atoms with E-state index < -0.39 is 36.1 Å². The average molecular weight is 212 g/mol. The Morgan fingerprint density at radius 1 is 1.07 bits per heavy atom. The molecule has 0 bridgehead atoms. The summed E-state index contributed by atoms with van der Waals surface area (Å²) in [6.07, 6.45) is 1.11. The predicted octanol–water partition coefficient (Wildman–Crippen LogP) is 3.50. The SMILES string of the molecule is CC1=CC=C(CCF)C(F)(F)C1(F)F. The Balaban J connectivity index is 3.11. The Morgan fingerprint density at radius 3 is 2.14 bits per heavy atom. The van der Waals surface area contributed by atoms with Gasteiger partial charge in [-0.15, -0.1) is 0 Å². The van der Waals surface area contributed by atoms with Crippen molar-refractivity contribution in [1.82, 2.24) is 0 Å². The van der Waals surface area contributed by atoms with E-state index in [1.807, 2.05) is 0 Å². The summed E-state index contributed by atoms with van der Waals surface area (Å²) >= 11 is 0. The fraction of sp³-hybridized carbons (Fsp3) is 0.556. The lowest BCUT2D eigenvalue weighted by atomic mass is 9.90. The molecule has 1 aliphatic carbocycles. The zero-order valence-electron chi connectivity index (χ0n) is 7.46. The standard InChI is InChI=1S/C9H9F5/c1-6-2-3-7(4-5-10)9(13,14)8(6,11)12/h2-3H,4-5H2,1H3. The maximum atomic E-state index is 13.1. The third kappa shape index (κ3) is 1.44. The molecule has 0 aliphatic heterocycles. The summed E-state index contributed by atoms with van der Waals surface area (Å²) < 4.78 is 63.9. The molecule has 0 fully saturated rings. The normalized spacial score (nSPS) is 24.1. The van der Waals surface area contributed by atoms with Crippen molar-refractivity contribution in [3.63, 3.8) is 0 Å². The number of alkyl halides is 5. The summed E-state index contributed by atoms with van der Waals surface area (Å²) in [6.45, 7) is -0.138. The molecule has 0 unspecified atom stereocenters. The lowest BCUT2D eigenvalue weighted by molar-refractivity contribution is -0.164. The quantitative estimate of drug-likeness (QED) is 0.614. The van der Waals surface area contributed by atoms with Crippen LogP contribution in [0.25, 0.3) is 0 Å². The fourth-order valence-electron chi connectivity index (χ4n) is 1.23. The van der Waals surface area contributed by atoms with Gasteiger partial charge >= 0.3 is 11.8 Å². The van der Waals surface area contributed by atoms with Crippen LogP contribution in [0.3, 0.4) is 0 Å². The van der Waals surface area contributed by atoms with Crippen molar-refractivity contribution in [2.24, 2.45) is 0 Å². The van der Waals surface area contributed by atoms with E-state index in [1.165, 1.54) is 0 Å². The maximum Gasteiger partial charge on any atom is 0.335 e. The van der Waals surface area contributed by atoms with Gasteiger partial charge in [0.2, 0.25) is 0 Å². The summed E-state index contributed by atoms with van der Waals surface area (Å²) in [4.78, 5) is 0. The van der Waals surface area contributed by atoms with Gasteiger partial charge in [-0.1, -0.05) is 12.2 Å². The van der Waals surface area contributed by atoms with Crippen LogP contribution in [0, 0.1) is 0 Å². The third-order valence-corrected chi connectivity index (χ3v) is 2.19. The molecule has 0 amide bonds. The second-order valence-corrected chi connectivity index (χ2v) is 3.13. The molecule has 0 heterocycles. The van der Waals surface area contributed by atoms with Crippen LogP contribution in [-0.4, -0.2) is 18.5 Å². The second-order valence-electron chi connectivity index (χ2n) is 3.13. The lowest BCUT2D eigenvalue weighted by Crippen LogP contribution is -2.44. The molecule has 0 spiro atoms. The first-order chi connectivity index (χ1) is 6.34. The van der Waals surface area contributed by atoms with E-state index in [0.717, 1.165) is 19.1 Å². The van der Waals surface area contributed by atoms with E-state index in [2.05, 4.69) is 0 Å². The first kappa shape index (κ1) is 11.2. The molecule has 0 saturated heterocycles. The van der Waals surface area contributed by atoms with Crippen molar-refractivity contribution in [3.8, 4) is 0 Å². The van der Waals surface area contributed by atoms with Gasteiger partial charge in [-0.25, -0.2) is 0 Å². The van der Waals surface area contributed by atoms with Crippen LogP contribution in [0.1, 0.15) is 13.3 Å². The van der Waals surface area contributed by atoms with E-state index in [4.69, 9.17) is 0 Å². The second kappa shape index (κ2) is 3.37. The van der Waals surface area contributed by atoms with Crippen LogP contribution in [0.5, 0.6) is 0 Å². The van der Waals surface area contributed by atoms with Gasteiger partial charge in [0.15, 0.2) is 0 Å². The third-order valence-electron chi connectivity index (χ3n) is 2.19. The van der Waals surface area contributed by atoms with Crippen molar-refractivity contribution in [2.45, 2.75) is 25.2 Å². The van der Waals surface area contributed by atoms with Crippen LogP contribution in [0.4, 0.5) is 22.0 Å². The molecule has 0 N–H and O–H groups in total. The van der Waals surface area contributed by atoms with Crippen molar-refractivity contribution < 1.29 is 22.0 Å². The molecule has 0 nitrogen and oxygen atoms in total. The molecule has 0 aromatic rings. The molecule has 80 valence electrons. The minimum absolute atomic E-state index is 0.660. The molecule has 0 saturated carbocycles. The Hall–Kier alpha value is -0.870. The Bertz CT molecular complexity index is 288. The van der Waals surface area contributed by atoms with Gasteiger partial charge in [0.25, 0.3) is 0 Å². The Labute approximate surface area is 78.1 Å². The Kier molecular flexibility index (Phi) is 2.69. The highest BCUT2D eigenvalue weighted by Crippen LogP contribution is 2.47. The molecule has 5 heteroatoms. The number of allylic oxidation sites excluding steroid dienone is 4. The van der Waals surface area contributed by atoms with Crippen molar-refractivity contribution in [1.29, 1.82) is 0 Å². The fourth-order valence-corrected chi connectivity index (χ4v) is 1.23. The average Bonchev–Trinajstić information content (AvgIpc) is 2.08. The summed E-state index contributed by atoms with van der Waals surface area (Å²) in [5.41, 5.74) is -1.55. The molecule has 0 aromatic carbocycles. The van der Waals surface area contributed by atoms with Gasteiger partial charge < -0.3 is 0 Å². The molecule has 0 atom stereocenters. The van der Waals surface area contributed by atoms with E-state index in [1.54, 1.807) is 0 Å². The number of hydrogen-bond acceptors (Lipinski definition) is 0. The predicted molar refractivity (Wildman–Crippen MR) is 42.3 cm³/mol. The van der Waals surface area contributed by atoms with Gasteiger partial charge in [-0.05, 0) is 6.92 Å². The summed E-state index contributed by atoms with van der Waals surface area (Å²) in [6, 6.07) is 0. The van der Waals surface area contributed by atoms with Crippen LogP contribution in [0.2, 0.25) is 0 Å². The minimum Gasteiger partial charge on any atom is -0.251 e. The van der Waals surface area contributed by atoms with Gasteiger partial charge in [0.05, 0.1) is 6.67 Å². The first-order valence-corrected chi connectivity index (χ1v) is 4.04. The van der Waals surface area contributed by atoms with E-state index in [-0.39, 0.29) is 0 Å². The maximum absolute atomic E-state index is 13.1. The van der Waals surface area contributed by atoms with Gasteiger partial charge in [0.1, 0.15) is 0 Å². The molecule has 1 rings (SSSR count). The highest BCUT2D eigenvalue weighted by molar-refractivity contribution is 5.36. The summed E-state index contributed by atoms with van der Waals surface area (Å²) in [7, 11) is 0. The number of halogens is 5. The van der Waals surface area contributed by atoms with Crippen molar-refractivity contribution in [2.75, 3.05) is 6.67 Å². The number of hydrogen-bond donors (Lipinski definition) is 0. The van der Waals surface area contributed by atoms with Gasteiger partial charge in [-0.3, -0.25) is 4.39 Å². The number of rotatable bonds is 2. The molecule has 0 aromatic heterocycles. The zero-order valence-corrected chi connectivity index (χ0v) is 7.46. The molecule has 1 aliphatic rings. The van der Waals surface area contributed by atoms with Gasteiger partial charge in [0, 0.05) is 17.6 Å². The monoisotopic (exact) mass is 212 g/mol. The topological polar surface area (TPSA) is 0 Å². The molecule has 14 heavy (non-hydrogen) atoms. The Morgan fingerprint density at radius 2 is 1.64 bits per heavy atom. The van der Waals surface area contributed by atoms with Crippen molar-refractivity contribution >= 4 is 0 Å².